The molecule has 1 amide bonds. The fourth-order valence-electron chi connectivity index (χ4n) is 2.70. The molecular weight excluding hydrogens is 278 g/mol. The van der Waals surface area contributed by atoms with Crippen LogP contribution in [-0.2, 0) is 11.3 Å². The molecule has 0 spiro atoms. The Morgan fingerprint density at radius 3 is 2.68 bits per heavy atom. The zero-order valence-electron chi connectivity index (χ0n) is 12.8. The second-order valence-corrected chi connectivity index (χ2v) is 5.72. The zero-order chi connectivity index (χ0) is 15.4. The van der Waals surface area contributed by atoms with Gasteiger partial charge >= 0.3 is 0 Å². The maximum atomic E-state index is 12.3. The van der Waals surface area contributed by atoms with Crippen LogP contribution in [0.1, 0.15) is 34.6 Å². The number of carbonyl (C=O) groups excluding carboxylic acids is 1. The first-order valence-corrected chi connectivity index (χ1v) is 7.69. The van der Waals surface area contributed by atoms with E-state index in [1.54, 1.807) is 6.07 Å². The van der Waals surface area contributed by atoms with Gasteiger partial charge in [-0.25, -0.2) is 0 Å². The molecule has 1 saturated heterocycles. The van der Waals surface area contributed by atoms with Crippen LogP contribution < -0.4 is 0 Å². The fraction of sp³-hybridized carbons (Fsp3) is 0.412. The monoisotopic (exact) mass is 299 g/mol. The van der Waals surface area contributed by atoms with Gasteiger partial charge < -0.3 is 9.64 Å². The Kier molecular flexibility index (Phi) is 4.53. The van der Waals surface area contributed by atoms with Crippen LogP contribution in [0.3, 0.4) is 0 Å². The van der Waals surface area contributed by atoms with Crippen molar-refractivity contribution in [2.45, 2.75) is 32.5 Å². The molecule has 1 aromatic heterocycles. The Balaban J connectivity index is 1.47. The van der Waals surface area contributed by atoms with E-state index in [1.165, 1.54) is 5.56 Å². The molecule has 0 atom stereocenters. The van der Waals surface area contributed by atoms with Crippen LogP contribution in [0, 0.1) is 6.92 Å². The minimum atomic E-state index is 0.00543. The summed E-state index contributed by atoms with van der Waals surface area (Å²) in [6.45, 7) is 3.99. The number of H-pyrrole nitrogens is 1. The van der Waals surface area contributed by atoms with Crippen molar-refractivity contribution in [3.05, 3.63) is 53.3 Å². The molecule has 1 aliphatic rings. The largest absolute Gasteiger partial charge is 0.373 e. The van der Waals surface area contributed by atoms with Gasteiger partial charge in [0.1, 0.15) is 5.69 Å². The summed E-state index contributed by atoms with van der Waals surface area (Å²) < 4.78 is 5.95. The molecule has 0 unspecified atom stereocenters. The standard InChI is InChI=1S/C17H21N3O2/c1-13-11-16(19-18-13)17(21)20-9-7-15(8-10-20)22-12-14-5-3-2-4-6-14/h2-6,11,15H,7-10,12H2,1H3,(H,18,19). The number of nitrogens with one attached hydrogen (secondary N) is 1. The molecule has 0 bridgehead atoms. The van der Waals surface area contributed by atoms with Gasteiger partial charge in [0.05, 0.1) is 12.7 Å². The number of nitrogens with zero attached hydrogens (tertiary/aromatic N) is 2. The highest BCUT2D eigenvalue weighted by Crippen LogP contribution is 2.17. The predicted molar refractivity (Wildman–Crippen MR) is 83.5 cm³/mol. The SMILES string of the molecule is Cc1cc(C(=O)N2CCC(OCc3ccccc3)CC2)n[nH]1. The van der Waals surface area contributed by atoms with Crippen molar-refractivity contribution in [3.63, 3.8) is 0 Å². The lowest BCUT2D eigenvalue weighted by atomic mass is 10.1. The third-order valence-corrected chi connectivity index (χ3v) is 3.98. The average Bonchev–Trinajstić information content (AvgIpc) is 3.00. The number of hydrogen-bond acceptors (Lipinski definition) is 3. The second-order valence-electron chi connectivity index (χ2n) is 5.72. The molecule has 5 heteroatoms. The van der Waals surface area contributed by atoms with Gasteiger partial charge in [0.2, 0.25) is 0 Å². The molecular formula is C17H21N3O2. The van der Waals surface area contributed by atoms with Gasteiger partial charge in [-0.3, -0.25) is 9.89 Å². The summed E-state index contributed by atoms with van der Waals surface area (Å²) in [7, 11) is 0. The first-order valence-electron chi connectivity index (χ1n) is 7.69. The van der Waals surface area contributed by atoms with Crippen molar-refractivity contribution in [1.82, 2.24) is 15.1 Å². The van der Waals surface area contributed by atoms with Crippen molar-refractivity contribution in [2.24, 2.45) is 0 Å². The van der Waals surface area contributed by atoms with Gasteiger partial charge in [0.15, 0.2) is 0 Å². The summed E-state index contributed by atoms with van der Waals surface area (Å²) in [5, 5.41) is 6.85. The van der Waals surface area contributed by atoms with E-state index in [-0.39, 0.29) is 12.0 Å². The molecule has 3 rings (SSSR count). The molecule has 0 saturated carbocycles. The molecule has 2 heterocycles. The first kappa shape index (κ1) is 14.8. The van der Waals surface area contributed by atoms with Gasteiger partial charge in [-0.1, -0.05) is 30.3 Å². The lowest BCUT2D eigenvalue weighted by Crippen LogP contribution is -2.41. The number of aromatic nitrogens is 2. The predicted octanol–water partition coefficient (Wildman–Crippen LogP) is 2.54. The van der Waals surface area contributed by atoms with Gasteiger partial charge in [-0.05, 0) is 31.4 Å². The number of aryl methyl sites for hydroxylation is 1. The Labute approximate surface area is 130 Å². The number of rotatable bonds is 4. The third kappa shape index (κ3) is 3.54. The Hall–Kier alpha value is -2.14. The van der Waals surface area contributed by atoms with E-state index >= 15 is 0 Å². The molecule has 0 aliphatic carbocycles. The summed E-state index contributed by atoms with van der Waals surface area (Å²) in [6.07, 6.45) is 1.98. The molecule has 1 aromatic carbocycles. The molecule has 116 valence electrons. The van der Waals surface area contributed by atoms with Gasteiger partial charge in [0.25, 0.3) is 5.91 Å². The number of ether oxygens (including phenoxy) is 1. The number of aromatic amines is 1. The smallest absolute Gasteiger partial charge is 0.274 e. The third-order valence-electron chi connectivity index (χ3n) is 3.98. The number of amides is 1. The summed E-state index contributed by atoms with van der Waals surface area (Å²) in [4.78, 5) is 14.2. The number of piperidine rings is 1. The summed E-state index contributed by atoms with van der Waals surface area (Å²) in [5.41, 5.74) is 2.60. The first-order chi connectivity index (χ1) is 10.7. The van der Waals surface area contributed by atoms with E-state index in [9.17, 15) is 4.79 Å². The van der Waals surface area contributed by atoms with Crippen LogP contribution in [0.5, 0.6) is 0 Å². The molecule has 2 aromatic rings. The molecule has 5 nitrogen and oxygen atoms in total. The Bertz CT molecular complexity index is 616. The van der Waals surface area contributed by atoms with Crippen LogP contribution in [-0.4, -0.2) is 40.2 Å². The van der Waals surface area contributed by atoms with E-state index in [0.717, 1.165) is 31.6 Å². The molecule has 22 heavy (non-hydrogen) atoms. The maximum absolute atomic E-state index is 12.3. The maximum Gasteiger partial charge on any atom is 0.274 e. The van der Waals surface area contributed by atoms with E-state index in [0.29, 0.717) is 12.3 Å². The lowest BCUT2D eigenvalue weighted by Gasteiger charge is -2.31. The minimum absolute atomic E-state index is 0.00543. The normalized spacial score (nSPS) is 16.0. The molecule has 0 radical (unpaired) electrons. The lowest BCUT2D eigenvalue weighted by molar-refractivity contribution is -0.000508. The van der Waals surface area contributed by atoms with Crippen LogP contribution in [0.4, 0.5) is 0 Å². The molecule has 1 aliphatic heterocycles. The highest BCUT2D eigenvalue weighted by atomic mass is 16.5. The van der Waals surface area contributed by atoms with E-state index < -0.39 is 0 Å². The van der Waals surface area contributed by atoms with E-state index in [1.807, 2.05) is 30.0 Å². The van der Waals surface area contributed by atoms with Crippen molar-refractivity contribution in [2.75, 3.05) is 13.1 Å². The number of carbonyl (C=O) groups is 1. The topological polar surface area (TPSA) is 58.2 Å². The quantitative estimate of drug-likeness (QED) is 0.944. The Morgan fingerprint density at radius 2 is 2.05 bits per heavy atom. The number of hydrogen-bond donors (Lipinski definition) is 1. The highest BCUT2D eigenvalue weighted by Gasteiger charge is 2.25. The average molecular weight is 299 g/mol. The van der Waals surface area contributed by atoms with Gasteiger partial charge in [0, 0.05) is 18.8 Å². The zero-order valence-corrected chi connectivity index (χ0v) is 12.8. The van der Waals surface area contributed by atoms with E-state index in [4.69, 9.17) is 4.74 Å². The van der Waals surface area contributed by atoms with Gasteiger partial charge in [-0.2, -0.15) is 5.10 Å². The van der Waals surface area contributed by atoms with Crippen molar-refractivity contribution < 1.29 is 9.53 Å². The van der Waals surface area contributed by atoms with Gasteiger partial charge in [-0.15, -0.1) is 0 Å². The summed E-state index contributed by atoms with van der Waals surface area (Å²) >= 11 is 0. The molecule has 1 fully saturated rings. The van der Waals surface area contributed by atoms with Crippen LogP contribution in [0.25, 0.3) is 0 Å². The fourth-order valence-corrected chi connectivity index (χ4v) is 2.70. The summed E-state index contributed by atoms with van der Waals surface area (Å²) in [5.74, 6) is 0.00543. The van der Waals surface area contributed by atoms with Crippen LogP contribution in [0.15, 0.2) is 36.4 Å². The molecule has 1 N–H and O–H groups in total. The van der Waals surface area contributed by atoms with Crippen LogP contribution in [0.2, 0.25) is 0 Å². The highest BCUT2D eigenvalue weighted by molar-refractivity contribution is 5.92. The van der Waals surface area contributed by atoms with Crippen molar-refractivity contribution in [1.29, 1.82) is 0 Å². The minimum Gasteiger partial charge on any atom is -0.373 e. The van der Waals surface area contributed by atoms with Crippen LogP contribution >= 0.6 is 0 Å². The second kappa shape index (κ2) is 6.75. The number of benzene rings is 1. The number of likely N-dealkylation sites (tertiary alicyclic amines) is 1. The summed E-state index contributed by atoms with van der Waals surface area (Å²) in [6, 6.07) is 12.0. The van der Waals surface area contributed by atoms with Crippen molar-refractivity contribution >= 4 is 5.91 Å². The van der Waals surface area contributed by atoms with E-state index in [2.05, 4.69) is 22.3 Å². The van der Waals surface area contributed by atoms with Crippen molar-refractivity contribution in [3.8, 4) is 0 Å². The Morgan fingerprint density at radius 1 is 1.32 bits per heavy atom.